The first-order chi connectivity index (χ1) is 9.52. The van der Waals surface area contributed by atoms with Crippen molar-refractivity contribution in [3.8, 4) is 0 Å². The molecule has 0 heterocycles. The van der Waals surface area contributed by atoms with Crippen molar-refractivity contribution in [2.24, 2.45) is 0 Å². The van der Waals surface area contributed by atoms with Crippen molar-refractivity contribution in [2.75, 3.05) is 7.05 Å². The molecule has 0 aliphatic heterocycles. The van der Waals surface area contributed by atoms with Gasteiger partial charge in [0.15, 0.2) is 0 Å². The molecule has 0 fully saturated rings. The lowest BCUT2D eigenvalue weighted by Crippen LogP contribution is -2.20. The third-order valence-electron chi connectivity index (χ3n) is 3.12. The average Bonchev–Trinajstić information content (AvgIpc) is 2.41. The van der Waals surface area contributed by atoms with E-state index in [2.05, 4.69) is 5.32 Å². The van der Waals surface area contributed by atoms with Gasteiger partial charge in [0, 0.05) is 16.6 Å². The standard InChI is InChI=1S/C15H13Cl2F2N/c1-20-14(15-11(17)3-2-4-12(15)18)8-9-5-6-10(16)13(19)7-9/h2-7,14,20H,8H2,1H3. The maximum atomic E-state index is 13.9. The normalized spacial score (nSPS) is 12.4. The number of nitrogens with one attached hydrogen (secondary N) is 1. The van der Waals surface area contributed by atoms with Crippen molar-refractivity contribution >= 4 is 23.2 Å². The largest absolute Gasteiger partial charge is 0.313 e. The Morgan fingerprint density at radius 2 is 1.80 bits per heavy atom. The first-order valence-electron chi connectivity index (χ1n) is 6.08. The molecule has 20 heavy (non-hydrogen) atoms. The molecule has 2 rings (SSSR count). The van der Waals surface area contributed by atoms with Crippen LogP contribution in [0.15, 0.2) is 36.4 Å². The van der Waals surface area contributed by atoms with E-state index in [0.717, 1.165) is 0 Å². The molecular weight excluding hydrogens is 303 g/mol. The third-order valence-corrected chi connectivity index (χ3v) is 3.76. The van der Waals surface area contributed by atoms with Crippen molar-refractivity contribution in [1.29, 1.82) is 0 Å². The lowest BCUT2D eigenvalue weighted by Gasteiger charge is -2.19. The summed E-state index contributed by atoms with van der Waals surface area (Å²) >= 11 is 11.7. The van der Waals surface area contributed by atoms with Gasteiger partial charge in [-0.25, -0.2) is 8.78 Å². The first kappa shape index (κ1) is 15.2. The smallest absolute Gasteiger partial charge is 0.142 e. The zero-order valence-electron chi connectivity index (χ0n) is 10.8. The van der Waals surface area contributed by atoms with Crippen molar-refractivity contribution in [3.05, 3.63) is 69.2 Å². The summed E-state index contributed by atoms with van der Waals surface area (Å²) in [7, 11) is 1.71. The Labute approximate surface area is 126 Å². The van der Waals surface area contributed by atoms with E-state index >= 15 is 0 Å². The summed E-state index contributed by atoms with van der Waals surface area (Å²) in [5, 5.41) is 3.42. The van der Waals surface area contributed by atoms with Crippen LogP contribution >= 0.6 is 23.2 Å². The molecule has 2 aromatic rings. The molecule has 1 nitrogen and oxygen atoms in total. The van der Waals surface area contributed by atoms with E-state index in [9.17, 15) is 8.78 Å². The molecule has 0 saturated carbocycles. The van der Waals surface area contributed by atoms with Crippen LogP contribution in [0.2, 0.25) is 10.0 Å². The van der Waals surface area contributed by atoms with Gasteiger partial charge in [0.05, 0.1) is 5.02 Å². The van der Waals surface area contributed by atoms with Gasteiger partial charge in [0.1, 0.15) is 11.6 Å². The fraction of sp³-hybridized carbons (Fsp3) is 0.200. The Balaban J connectivity index is 2.31. The zero-order chi connectivity index (χ0) is 14.7. The molecule has 0 radical (unpaired) electrons. The predicted octanol–water partition coefficient (Wildman–Crippen LogP) is 4.77. The fourth-order valence-electron chi connectivity index (χ4n) is 2.09. The highest BCUT2D eigenvalue weighted by molar-refractivity contribution is 6.31. The number of halogens is 4. The van der Waals surface area contributed by atoms with Crippen LogP contribution in [0.25, 0.3) is 0 Å². The van der Waals surface area contributed by atoms with Crippen molar-refractivity contribution in [3.63, 3.8) is 0 Å². The molecule has 1 atom stereocenters. The van der Waals surface area contributed by atoms with E-state index in [4.69, 9.17) is 23.2 Å². The minimum absolute atomic E-state index is 0.0682. The van der Waals surface area contributed by atoms with Crippen LogP contribution in [0, 0.1) is 11.6 Å². The molecule has 0 aliphatic carbocycles. The highest BCUT2D eigenvalue weighted by Gasteiger charge is 2.18. The van der Waals surface area contributed by atoms with E-state index in [1.165, 1.54) is 18.2 Å². The summed E-state index contributed by atoms with van der Waals surface area (Å²) in [4.78, 5) is 0. The number of hydrogen-bond donors (Lipinski definition) is 1. The molecule has 0 aliphatic rings. The number of rotatable bonds is 4. The molecule has 0 saturated heterocycles. The van der Waals surface area contributed by atoms with Crippen LogP contribution in [0.4, 0.5) is 8.78 Å². The van der Waals surface area contributed by atoms with E-state index in [1.807, 2.05) is 0 Å². The molecule has 0 aromatic heterocycles. The van der Waals surface area contributed by atoms with E-state index < -0.39 is 5.82 Å². The summed E-state index contributed by atoms with van der Waals surface area (Å²) in [6.07, 6.45) is 0.408. The van der Waals surface area contributed by atoms with Crippen molar-refractivity contribution < 1.29 is 8.78 Å². The van der Waals surface area contributed by atoms with E-state index in [-0.39, 0.29) is 16.9 Å². The maximum absolute atomic E-state index is 13.9. The monoisotopic (exact) mass is 315 g/mol. The molecule has 0 amide bonds. The van der Waals surface area contributed by atoms with Crippen LogP contribution in [-0.2, 0) is 6.42 Å². The second-order valence-electron chi connectivity index (χ2n) is 4.43. The lowest BCUT2D eigenvalue weighted by atomic mass is 9.98. The number of benzene rings is 2. The van der Waals surface area contributed by atoms with Crippen molar-refractivity contribution in [1.82, 2.24) is 5.32 Å². The molecule has 1 unspecified atom stereocenters. The molecule has 1 N–H and O–H groups in total. The quantitative estimate of drug-likeness (QED) is 0.856. The summed E-state index contributed by atoms with van der Waals surface area (Å²) in [6.45, 7) is 0. The van der Waals surface area contributed by atoms with Crippen LogP contribution in [0.3, 0.4) is 0 Å². The Kier molecular flexibility index (Phi) is 4.97. The highest BCUT2D eigenvalue weighted by Crippen LogP contribution is 2.28. The van der Waals surface area contributed by atoms with Crippen molar-refractivity contribution in [2.45, 2.75) is 12.5 Å². The molecule has 0 bridgehead atoms. The Morgan fingerprint density at radius 1 is 1.05 bits per heavy atom. The molecule has 5 heteroatoms. The minimum atomic E-state index is -0.487. The SMILES string of the molecule is CNC(Cc1ccc(Cl)c(F)c1)c1c(F)cccc1Cl. The van der Waals surface area contributed by atoms with E-state index in [0.29, 0.717) is 22.6 Å². The van der Waals surface area contributed by atoms with Crippen LogP contribution in [0.1, 0.15) is 17.2 Å². The Hall–Kier alpha value is -1.16. The maximum Gasteiger partial charge on any atom is 0.142 e. The van der Waals surface area contributed by atoms with E-state index in [1.54, 1.807) is 25.2 Å². The number of hydrogen-bond acceptors (Lipinski definition) is 1. The van der Waals surface area contributed by atoms with Gasteiger partial charge < -0.3 is 5.32 Å². The zero-order valence-corrected chi connectivity index (χ0v) is 12.3. The Bertz CT molecular complexity index is 597. The van der Waals surface area contributed by atoms with Crippen LogP contribution in [0.5, 0.6) is 0 Å². The third kappa shape index (κ3) is 3.29. The number of likely N-dealkylation sites (N-methyl/N-ethyl adjacent to an activating group) is 1. The summed E-state index contributed by atoms with van der Waals surface area (Å²) in [5.41, 5.74) is 1.09. The molecular formula is C15H13Cl2F2N. The van der Waals surface area contributed by atoms with Gasteiger partial charge >= 0.3 is 0 Å². The predicted molar refractivity (Wildman–Crippen MR) is 78.3 cm³/mol. The van der Waals surface area contributed by atoms with Gasteiger partial charge in [0.2, 0.25) is 0 Å². The summed E-state index contributed by atoms with van der Waals surface area (Å²) in [5.74, 6) is -0.870. The first-order valence-corrected chi connectivity index (χ1v) is 6.83. The summed E-state index contributed by atoms with van der Waals surface area (Å²) in [6, 6.07) is 8.74. The van der Waals surface area contributed by atoms with Crippen LogP contribution in [-0.4, -0.2) is 7.05 Å². The lowest BCUT2D eigenvalue weighted by molar-refractivity contribution is 0.532. The fourth-order valence-corrected chi connectivity index (χ4v) is 2.51. The second kappa shape index (κ2) is 6.53. The second-order valence-corrected chi connectivity index (χ2v) is 5.24. The van der Waals surface area contributed by atoms with Gasteiger partial charge in [-0.05, 0) is 43.3 Å². The highest BCUT2D eigenvalue weighted by atomic mass is 35.5. The summed E-state index contributed by atoms with van der Waals surface area (Å²) < 4.78 is 27.4. The molecule has 0 spiro atoms. The van der Waals surface area contributed by atoms with Gasteiger partial charge in [-0.15, -0.1) is 0 Å². The average molecular weight is 316 g/mol. The molecule has 2 aromatic carbocycles. The minimum Gasteiger partial charge on any atom is -0.313 e. The Morgan fingerprint density at radius 3 is 2.40 bits per heavy atom. The van der Waals surface area contributed by atoms with Gasteiger partial charge in [-0.2, -0.15) is 0 Å². The van der Waals surface area contributed by atoms with Gasteiger partial charge in [-0.1, -0.05) is 35.3 Å². The molecule has 106 valence electrons. The van der Waals surface area contributed by atoms with Crippen LogP contribution < -0.4 is 5.32 Å². The van der Waals surface area contributed by atoms with Gasteiger partial charge in [0.25, 0.3) is 0 Å². The topological polar surface area (TPSA) is 12.0 Å². The van der Waals surface area contributed by atoms with Gasteiger partial charge in [-0.3, -0.25) is 0 Å².